The van der Waals surface area contributed by atoms with Crippen LogP contribution in [0.5, 0.6) is 0 Å². The van der Waals surface area contributed by atoms with Gasteiger partial charge in [-0.3, -0.25) is 0 Å². The van der Waals surface area contributed by atoms with Gasteiger partial charge in [0.25, 0.3) is 0 Å². The first-order valence-electron chi connectivity index (χ1n) is 6.92. The summed E-state index contributed by atoms with van der Waals surface area (Å²) in [6, 6.07) is 5.67. The number of nitrogens with one attached hydrogen (secondary N) is 1. The molecule has 1 fully saturated rings. The van der Waals surface area contributed by atoms with Crippen molar-refractivity contribution in [2.24, 2.45) is 11.3 Å². The second-order valence-electron chi connectivity index (χ2n) is 6.24. The topological polar surface area (TPSA) is 12.0 Å². The molecule has 1 nitrogen and oxygen atoms in total. The molecule has 1 aliphatic carbocycles. The van der Waals surface area contributed by atoms with Crippen molar-refractivity contribution in [3.05, 3.63) is 35.1 Å². The molecule has 0 bridgehead atoms. The lowest BCUT2D eigenvalue weighted by Gasteiger charge is -2.21. The molecule has 1 N–H and O–H groups in total. The van der Waals surface area contributed by atoms with Gasteiger partial charge in [-0.15, -0.1) is 0 Å². The summed E-state index contributed by atoms with van der Waals surface area (Å²) in [5.74, 6) is 0.616. The van der Waals surface area contributed by atoms with E-state index in [1.165, 1.54) is 12.0 Å². The molecule has 1 aromatic carbocycles. The van der Waals surface area contributed by atoms with Crippen molar-refractivity contribution >= 4 is 0 Å². The van der Waals surface area contributed by atoms with Crippen LogP contribution in [-0.4, -0.2) is 12.6 Å². The van der Waals surface area contributed by atoms with Crippen LogP contribution >= 0.6 is 0 Å². The SMILES string of the molecule is CCNC(Cc1ccc(F)cc1C)C1CC1(C)C. The van der Waals surface area contributed by atoms with Gasteiger partial charge in [-0.25, -0.2) is 4.39 Å². The molecule has 0 amide bonds. The number of benzene rings is 1. The third-order valence-electron chi connectivity index (χ3n) is 4.29. The molecule has 100 valence electrons. The molecule has 0 radical (unpaired) electrons. The van der Waals surface area contributed by atoms with Gasteiger partial charge in [0, 0.05) is 6.04 Å². The average Bonchev–Trinajstić information content (AvgIpc) is 2.90. The molecule has 2 rings (SSSR count). The molecular formula is C16H24FN. The van der Waals surface area contributed by atoms with Crippen LogP contribution in [0.25, 0.3) is 0 Å². The van der Waals surface area contributed by atoms with E-state index in [1.54, 1.807) is 12.1 Å². The highest BCUT2D eigenvalue weighted by Crippen LogP contribution is 2.54. The maximum absolute atomic E-state index is 13.1. The number of hydrogen-bond acceptors (Lipinski definition) is 1. The molecule has 0 saturated heterocycles. The molecule has 0 spiro atoms. The molecule has 1 aliphatic rings. The van der Waals surface area contributed by atoms with Gasteiger partial charge < -0.3 is 5.32 Å². The van der Waals surface area contributed by atoms with E-state index in [9.17, 15) is 4.39 Å². The second kappa shape index (κ2) is 5.00. The fourth-order valence-electron chi connectivity index (χ4n) is 2.94. The van der Waals surface area contributed by atoms with Crippen molar-refractivity contribution in [1.82, 2.24) is 5.32 Å². The first kappa shape index (κ1) is 13.5. The van der Waals surface area contributed by atoms with Crippen molar-refractivity contribution in [2.45, 2.75) is 46.6 Å². The minimum Gasteiger partial charge on any atom is -0.314 e. The maximum atomic E-state index is 13.1. The Kier molecular flexibility index (Phi) is 3.76. The lowest BCUT2D eigenvalue weighted by molar-refractivity contribution is 0.409. The quantitative estimate of drug-likeness (QED) is 0.839. The van der Waals surface area contributed by atoms with Gasteiger partial charge in [0.1, 0.15) is 5.82 Å². The molecular weight excluding hydrogens is 225 g/mol. The van der Waals surface area contributed by atoms with Crippen LogP contribution in [0.15, 0.2) is 18.2 Å². The maximum Gasteiger partial charge on any atom is 0.123 e. The third-order valence-corrected chi connectivity index (χ3v) is 4.29. The van der Waals surface area contributed by atoms with Crippen molar-refractivity contribution in [2.75, 3.05) is 6.54 Å². The second-order valence-corrected chi connectivity index (χ2v) is 6.24. The summed E-state index contributed by atoms with van der Waals surface area (Å²) < 4.78 is 13.1. The molecule has 1 aromatic rings. The lowest BCUT2D eigenvalue weighted by Crippen LogP contribution is -2.34. The first-order chi connectivity index (χ1) is 8.44. The van der Waals surface area contributed by atoms with Gasteiger partial charge in [0.15, 0.2) is 0 Å². The highest BCUT2D eigenvalue weighted by Gasteiger charge is 2.49. The van der Waals surface area contributed by atoms with Crippen molar-refractivity contribution < 1.29 is 4.39 Å². The number of halogens is 1. The summed E-state index contributed by atoms with van der Waals surface area (Å²) >= 11 is 0. The van der Waals surface area contributed by atoms with E-state index in [0.29, 0.717) is 11.5 Å². The Morgan fingerprint density at radius 2 is 2.11 bits per heavy atom. The summed E-state index contributed by atoms with van der Waals surface area (Å²) in [6.07, 6.45) is 2.30. The van der Waals surface area contributed by atoms with Crippen LogP contribution in [-0.2, 0) is 6.42 Å². The van der Waals surface area contributed by atoms with Crippen LogP contribution in [0.4, 0.5) is 4.39 Å². The zero-order chi connectivity index (χ0) is 13.3. The highest BCUT2D eigenvalue weighted by molar-refractivity contribution is 5.28. The van der Waals surface area contributed by atoms with Gasteiger partial charge >= 0.3 is 0 Å². The predicted octanol–water partition coefficient (Wildman–Crippen LogP) is 3.70. The van der Waals surface area contributed by atoms with Crippen molar-refractivity contribution in [1.29, 1.82) is 0 Å². The number of hydrogen-bond donors (Lipinski definition) is 1. The van der Waals surface area contributed by atoms with Crippen LogP contribution in [0.1, 0.15) is 38.3 Å². The largest absolute Gasteiger partial charge is 0.314 e. The molecule has 0 aromatic heterocycles. The smallest absolute Gasteiger partial charge is 0.123 e. The monoisotopic (exact) mass is 249 g/mol. The number of likely N-dealkylation sites (N-methyl/N-ethyl adjacent to an activating group) is 1. The van der Waals surface area contributed by atoms with E-state index in [4.69, 9.17) is 0 Å². The zero-order valence-electron chi connectivity index (χ0n) is 11.9. The molecule has 2 atom stereocenters. The third kappa shape index (κ3) is 2.92. The Morgan fingerprint density at radius 1 is 1.44 bits per heavy atom. The van der Waals surface area contributed by atoms with Gasteiger partial charge in [-0.1, -0.05) is 26.8 Å². The molecule has 2 heteroatoms. The minimum atomic E-state index is -0.136. The molecule has 0 aliphatic heterocycles. The van der Waals surface area contributed by atoms with Crippen molar-refractivity contribution in [3.8, 4) is 0 Å². The lowest BCUT2D eigenvalue weighted by atomic mass is 9.95. The summed E-state index contributed by atoms with van der Waals surface area (Å²) in [5.41, 5.74) is 2.81. The Morgan fingerprint density at radius 3 is 2.61 bits per heavy atom. The van der Waals surface area contributed by atoms with E-state index in [0.717, 1.165) is 24.4 Å². The Bertz CT molecular complexity index is 425. The fourth-order valence-corrected chi connectivity index (χ4v) is 2.94. The first-order valence-corrected chi connectivity index (χ1v) is 6.92. The van der Waals surface area contributed by atoms with E-state index in [1.807, 2.05) is 13.0 Å². The van der Waals surface area contributed by atoms with E-state index in [-0.39, 0.29) is 5.82 Å². The molecule has 18 heavy (non-hydrogen) atoms. The normalized spacial score (nSPS) is 22.8. The molecule has 1 saturated carbocycles. The standard InChI is InChI=1S/C16H24FN/c1-5-18-15(14-10-16(14,3)4)9-12-6-7-13(17)8-11(12)2/h6-8,14-15,18H,5,9-10H2,1-4H3. The molecule has 2 unspecified atom stereocenters. The predicted molar refractivity (Wildman–Crippen MR) is 74.2 cm³/mol. The van der Waals surface area contributed by atoms with E-state index >= 15 is 0 Å². The average molecular weight is 249 g/mol. The van der Waals surface area contributed by atoms with Crippen LogP contribution in [0, 0.1) is 24.1 Å². The summed E-state index contributed by atoms with van der Waals surface area (Å²) in [5, 5.41) is 3.60. The minimum absolute atomic E-state index is 0.136. The van der Waals surface area contributed by atoms with Gasteiger partial charge in [-0.2, -0.15) is 0 Å². The summed E-state index contributed by atoms with van der Waals surface area (Å²) in [7, 11) is 0. The van der Waals surface area contributed by atoms with Crippen LogP contribution < -0.4 is 5.32 Å². The Labute approximate surface area is 110 Å². The Balaban J connectivity index is 2.09. The number of aryl methyl sites for hydroxylation is 1. The fraction of sp³-hybridized carbons (Fsp3) is 0.625. The van der Waals surface area contributed by atoms with Crippen LogP contribution in [0.2, 0.25) is 0 Å². The van der Waals surface area contributed by atoms with Crippen LogP contribution in [0.3, 0.4) is 0 Å². The van der Waals surface area contributed by atoms with E-state index < -0.39 is 0 Å². The zero-order valence-corrected chi connectivity index (χ0v) is 11.9. The number of rotatable bonds is 5. The van der Waals surface area contributed by atoms with Crippen molar-refractivity contribution in [3.63, 3.8) is 0 Å². The van der Waals surface area contributed by atoms with Gasteiger partial charge in [0.2, 0.25) is 0 Å². The van der Waals surface area contributed by atoms with Gasteiger partial charge in [0.05, 0.1) is 0 Å². The highest BCUT2D eigenvalue weighted by atomic mass is 19.1. The van der Waals surface area contributed by atoms with Gasteiger partial charge in [-0.05, 0) is 60.9 Å². The molecule has 0 heterocycles. The Hall–Kier alpha value is -0.890. The summed E-state index contributed by atoms with van der Waals surface area (Å²) in [6.45, 7) is 9.82. The summed E-state index contributed by atoms with van der Waals surface area (Å²) in [4.78, 5) is 0. The van der Waals surface area contributed by atoms with E-state index in [2.05, 4.69) is 26.1 Å².